The number of thioether (sulfide) groups is 1. The quantitative estimate of drug-likeness (QED) is 0.720. The SMILES string of the molecule is CCC(SC(CC(=O)c1ccccc1)C(=O)O)c1ccccc1. The summed E-state index contributed by atoms with van der Waals surface area (Å²) in [5, 5.41) is 8.81. The second kappa shape index (κ2) is 8.53. The van der Waals surface area contributed by atoms with Crippen molar-refractivity contribution < 1.29 is 14.7 Å². The highest BCUT2D eigenvalue weighted by molar-refractivity contribution is 8.00. The topological polar surface area (TPSA) is 54.4 Å². The predicted octanol–water partition coefficient (Wildman–Crippen LogP) is 4.60. The fraction of sp³-hybridized carbons (Fsp3) is 0.263. The van der Waals surface area contributed by atoms with E-state index < -0.39 is 11.2 Å². The van der Waals surface area contributed by atoms with Gasteiger partial charge in [-0.05, 0) is 12.0 Å². The van der Waals surface area contributed by atoms with Gasteiger partial charge in [-0.1, -0.05) is 67.6 Å². The number of carboxylic acids is 1. The normalized spacial score (nSPS) is 13.3. The van der Waals surface area contributed by atoms with Gasteiger partial charge < -0.3 is 5.11 Å². The van der Waals surface area contributed by atoms with Crippen LogP contribution in [0.3, 0.4) is 0 Å². The Kier molecular flexibility index (Phi) is 6.41. The summed E-state index contributed by atoms with van der Waals surface area (Å²) in [6.07, 6.45) is 0.825. The minimum atomic E-state index is -0.936. The van der Waals surface area contributed by atoms with Crippen LogP contribution in [0.15, 0.2) is 60.7 Å². The summed E-state index contributed by atoms with van der Waals surface area (Å²) < 4.78 is 0. The fourth-order valence-corrected chi connectivity index (χ4v) is 3.65. The Labute approximate surface area is 140 Å². The van der Waals surface area contributed by atoms with Crippen LogP contribution in [0, 0.1) is 0 Å². The molecule has 0 fully saturated rings. The predicted molar refractivity (Wildman–Crippen MR) is 93.9 cm³/mol. The molecule has 2 atom stereocenters. The molecule has 2 rings (SSSR count). The molecule has 0 spiro atoms. The van der Waals surface area contributed by atoms with E-state index in [0.29, 0.717) is 5.56 Å². The van der Waals surface area contributed by atoms with Crippen LogP contribution in [0.5, 0.6) is 0 Å². The lowest BCUT2D eigenvalue weighted by Crippen LogP contribution is -2.22. The van der Waals surface area contributed by atoms with E-state index in [1.54, 1.807) is 24.3 Å². The van der Waals surface area contributed by atoms with Crippen molar-refractivity contribution in [2.24, 2.45) is 0 Å². The molecule has 0 radical (unpaired) electrons. The summed E-state index contributed by atoms with van der Waals surface area (Å²) in [7, 11) is 0. The molecule has 0 aliphatic carbocycles. The average molecular weight is 328 g/mol. The molecular weight excluding hydrogens is 308 g/mol. The Bertz CT molecular complexity index is 640. The van der Waals surface area contributed by atoms with Gasteiger partial charge in [-0.2, -0.15) is 0 Å². The maximum absolute atomic E-state index is 12.3. The Morgan fingerprint density at radius 1 is 1.00 bits per heavy atom. The molecule has 23 heavy (non-hydrogen) atoms. The molecule has 0 aromatic heterocycles. The Hall–Kier alpha value is -2.07. The third-order valence-corrected chi connectivity index (χ3v) is 5.24. The van der Waals surface area contributed by atoms with E-state index >= 15 is 0 Å². The maximum Gasteiger partial charge on any atom is 0.317 e. The summed E-state index contributed by atoms with van der Waals surface area (Å²) in [6, 6.07) is 18.7. The molecule has 0 bridgehead atoms. The van der Waals surface area contributed by atoms with Gasteiger partial charge in [0.1, 0.15) is 5.25 Å². The second-order valence-electron chi connectivity index (χ2n) is 5.26. The number of benzene rings is 2. The first-order valence-electron chi connectivity index (χ1n) is 7.63. The second-order valence-corrected chi connectivity index (χ2v) is 6.67. The molecule has 4 heteroatoms. The molecule has 0 aliphatic rings. The van der Waals surface area contributed by atoms with Crippen LogP contribution >= 0.6 is 11.8 Å². The van der Waals surface area contributed by atoms with Crippen molar-refractivity contribution in [2.75, 3.05) is 0 Å². The van der Waals surface area contributed by atoms with Crippen molar-refractivity contribution in [1.29, 1.82) is 0 Å². The van der Waals surface area contributed by atoms with E-state index in [1.165, 1.54) is 11.8 Å². The fourth-order valence-electron chi connectivity index (χ4n) is 2.38. The number of aliphatic carboxylic acids is 1. The van der Waals surface area contributed by atoms with Gasteiger partial charge in [0.25, 0.3) is 0 Å². The van der Waals surface area contributed by atoms with Crippen molar-refractivity contribution >= 4 is 23.5 Å². The van der Waals surface area contributed by atoms with Gasteiger partial charge in [0, 0.05) is 17.2 Å². The Balaban J connectivity index is 2.09. The van der Waals surface area contributed by atoms with Crippen molar-refractivity contribution in [3.8, 4) is 0 Å². The third kappa shape index (κ3) is 4.96. The van der Waals surface area contributed by atoms with Crippen LogP contribution in [0.4, 0.5) is 0 Å². The number of hydrogen-bond acceptors (Lipinski definition) is 3. The van der Waals surface area contributed by atoms with Crippen molar-refractivity contribution in [3.63, 3.8) is 0 Å². The van der Waals surface area contributed by atoms with Crippen molar-refractivity contribution in [2.45, 2.75) is 30.3 Å². The lowest BCUT2D eigenvalue weighted by molar-refractivity contribution is -0.136. The highest BCUT2D eigenvalue weighted by Gasteiger charge is 2.26. The van der Waals surface area contributed by atoms with E-state index in [4.69, 9.17) is 0 Å². The van der Waals surface area contributed by atoms with Gasteiger partial charge in [-0.15, -0.1) is 11.8 Å². The van der Waals surface area contributed by atoms with Gasteiger partial charge in [-0.3, -0.25) is 9.59 Å². The zero-order chi connectivity index (χ0) is 16.7. The van der Waals surface area contributed by atoms with Crippen LogP contribution in [0.2, 0.25) is 0 Å². The molecule has 1 N–H and O–H groups in total. The van der Waals surface area contributed by atoms with Crippen LogP contribution in [-0.2, 0) is 4.79 Å². The number of carboxylic acid groups (broad SMARTS) is 1. The molecule has 2 aromatic rings. The number of ketones is 1. The molecule has 3 nitrogen and oxygen atoms in total. The van der Waals surface area contributed by atoms with Crippen LogP contribution in [0.1, 0.15) is 40.9 Å². The smallest absolute Gasteiger partial charge is 0.317 e. The molecule has 120 valence electrons. The lowest BCUT2D eigenvalue weighted by atomic mass is 10.1. The molecular formula is C19H20O3S. The molecule has 0 saturated carbocycles. The minimum absolute atomic E-state index is 0.00729. The maximum atomic E-state index is 12.3. The van der Waals surface area contributed by atoms with E-state index in [1.807, 2.05) is 43.3 Å². The van der Waals surface area contributed by atoms with Crippen LogP contribution in [-0.4, -0.2) is 22.1 Å². The van der Waals surface area contributed by atoms with Gasteiger partial charge in [0.05, 0.1) is 0 Å². The summed E-state index contributed by atoms with van der Waals surface area (Å²) in [5.74, 6) is -1.07. The lowest BCUT2D eigenvalue weighted by Gasteiger charge is -2.19. The third-order valence-electron chi connectivity index (χ3n) is 3.61. The number of rotatable bonds is 8. The Morgan fingerprint density at radius 2 is 1.57 bits per heavy atom. The van der Waals surface area contributed by atoms with Gasteiger partial charge in [-0.25, -0.2) is 0 Å². The van der Waals surface area contributed by atoms with Gasteiger partial charge >= 0.3 is 5.97 Å². The summed E-state index contributed by atoms with van der Waals surface area (Å²) in [4.78, 5) is 23.9. The zero-order valence-corrected chi connectivity index (χ0v) is 13.8. The highest BCUT2D eigenvalue weighted by Crippen LogP contribution is 2.36. The standard InChI is InChI=1S/C19H20O3S/c1-2-17(15-11-7-4-8-12-15)23-18(19(21)22)13-16(20)14-9-5-3-6-10-14/h3-12,17-18H,2,13H2,1H3,(H,21,22). The van der Waals surface area contributed by atoms with E-state index in [0.717, 1.165) is 12.0 Å². The molecule has 0 saturated heterocycles. The van der Waals surface area contributed by atoms with Crippen molar-refractivity contribution in [1.82, 2.24) is 0 Å². The first-order chi connectivity index (χ1) is 11.1. The molecule has 0 amide bonds. The number of carbonyl (C=O) groups excluding carboxylic acids is 1. The summed E-state index contributed by atoms with van der Waals surface area (Å²) in [6.45, 7) is 2.03. The van der Waals surface area contributed by atoms with Crippen molar-refractivity contribution in [3.05, 3.63) is 71.8 Å². The van der Waals surface area contributed by atoms with Gasteiger partial charge in [0.2, 0.25) is 0 Å². The first-order valence-corrected chi connectivity index (χ1v) is 8.57. The largest absolute Gasteiger partial charge is 0.480 e. The molecule has 2 aromatic carbocycles. The number of carbonyl (C=O) groups is 2. The molecule has 0 heterocycles. The Morgan fingerprint density at radius 3 is 2.09 bits per heavy atom. The van der Waals surface area contributed by atoms with Crippen LogP contribution in [0.25, 0.3) is 0 Å². The van der Waals surface area contributed by atoms with E-state index in [9.17, 15) is 14.7 Å². The summed E-state index contributed by atoms with van der Waals surface area (Å²) in [5.41, 5.74) is 1.66. The van der Waals surface area contributed by atoms with E-state index in [2.05, 4.69) is 0 Å². The minimum Gasteiger partial charge on any atom is -0.480 e. The monoisotopic (exact) mass is 328 g/mol. The van der Waals surface area contributed by atoms with E-state index in [-0.39, 0.29) is 17.5 Å². The first kappa shape index (κ1) is 17.3. The zero-order valence-electron chi connectivity index (χ0n) is 13.0. The molecule has 2 unspecified atom stereocenters. The molecule has 0 aliphatic heterocycles. The van der Waals surface area contributed by atoms with Crippen LogP contribution < -0.4 is 0 Å². The van der Waals surface area contributed by atoms with Gasteiger partial charge in [0.15, 0.2) is 5.78 Å². The average Bonchev–Trinajstić information content (AvgIpc) is 2.59. The number of Topliss-reactive ketones (excluding diaryl/α,β-unsaturated/α-hetero) is 1. The number of hydrogen-bond donors (Lipinski definition) is 1. The summed E-state index contributed by atoms with van der Waals surface area (Å²) >= 11 is 1.35. The highest BCUT2D eigenvalue weighted by atomic mass is 32.2.